The van der Waals surface area contributed by atoms with Crippen molar-refractivity contribution in [1.29, 1.82) is 0 Å². The number of nitrogens with zero attached hydrogens (tertiary/aromatic N) is 1. The number of carboxylic acid groups (broad SMARTS) is 1. The van der Waals surface area contributed by atoms with Gasteiger partial charge in [-0.25, -0.2) is 0 Å². The number of carboxylic acids is 1. The molecule has 0 radical (unpaired) electrons. The lowest BCUT2D eigenvalue weighted by Crippen LogP contribution is -2.19. The number of oxime groups is 1. The summed E-state index contributed by atoms with van der Waals surface area (Å²) in [5, 5.41) is 16.4. The van der Waals surface area contributed by atoms with E-state index in [1.165, 1.54) is 0 Å². The van der Waals surface area contributed by atoms with Gasteiger partial charge in [0.15, 0.2) is 5.75 Å². The van der Waals surface area contributed by atoms with Gasteiger partial charge in [-0.05, 0) is 54.6 Å². The molecule has 1 unspecified atom stereocenters. The zero-order valence-electron chi connectivity index (χ0n) is 21.1. The molecule has 0 aromatic heterocycles. The van der Waals surface area contributed by atoms with Crippen molar-refractivity contribution in [2.24, 2.45) is 5.16 Å². The standard InChI is InChI=1S/C31H30N2O5/c1-32-29(20-31(34)35)25-14-18-27(19-15-25)36-21-23-12-16-26(17-13-23)37-22-30(24-8-4-2-5-9-24)33-38-28-10-6-3-7-11-28/h2-19,29,32H,20-22H2,1H3,(H,34,35)/b33-30+. The lowest BCUT2D eigenvalue weighted by atomic mass is 10.0. The first-order chi connectivity index (χ1) is 18.6. The fraction of sp³-hybridized carbons (Fsp3) is 0.161. The smallest absolute Gasteiger partial charge is 0.305 e. The van der Waals surface area contributed by atoms with Gasteiger partial charge in [-0.15, -0.1) is 0 Å². The minimum absolute atomic E-state index is 0.0177. The number of aliphatic carboxylic acids is 1. The molecular weight excluding hydrogens is 480 g/mol. The second-order valence-electron chi connectivity index (χ2n) is 8.54. The van der Waals surface area contributed by atoms with Gasteiger partial charge in [0.25, 0.3) is 0 Å². The quantitative estimate of drug-likeness (QED) is 0.173. The number of benzene rings is 4. The van der Waals surface area contributed by atoms with E-state index in [4.69, 9.17) is 19.4 Å². The summed E-state index contributed by atoms with van der Waals surface area (Å²) < 4.78 is 11.9. The van der Waals surface area contributed by atoms with E-state index in [9.17, 15) is 4.79 Å². The van der Waals surface area contributed by atoms with Crippen molar-refractivity contribution in [1.82, 2.24) is 5.32 Å². The highest BCUT2D eigenvalue weighted by Gasteiger charge is 2.13. The molecule has 0 amide bonds. The molecule has 4 rings (SSSR count). The fourth-order valence-corrected chi connectivity index (χ4v) is 3.74. The molecule has 194 valence electrons. The number of hydrogen-bond donors (Lipinski definition) is 2. The number of carbonyl (C=O) groups is 1. The summed E-state index contributed by atoms with van der Waals surface area (Å²) in [4.78, 5) is 16.6. The summed E-state index contributed by atoms with van der Waals surface area (Å²) in [6, 6.07) is 34.1. The van der Waals surface area contributed by atoms with Crippen molar-refractivity contribution in [2.45, 2.75) is 19.1 Å². The van der Waals surface area contributed by atoms with Crippen LogP contribution in [0.4, 0.5) is 0 Å². The molecule has 2 N–H and O–H groups in total. The number of ether oxygens (including phenoxy) is 2. The van der Waals surface area contributed by atoms with Crippen LogP contribution in [-0.4, -0.2) is 30.4 Å². The molecule has 4 aromatic rings. The third-order valence-electron chi connectivity index (χ3n) is 5.83. The van der Waals surface area contributed by atoms with Crippen LogP contribution in [0.15, 0.2) is 114 Å². The molecule has 1 atom stereocenters. The highest BCUT2D eigenvalue weighted by Crippen LogP contribution is 2.21. The van der Waals surface area contributed by atoms with Gasteiger partial charge in [0.2, 0.25) is 0 Å². The maximum atomic E-state index is 11.0. The Morgan fingerprint density at radius 2 is 1.39 bits per heavy atom. The number of para-hydroxylation sites is 1. The van der Waals surface area contributed by atoms with Crippen molar-refractivity contribution < 1.29 is 24.2 Å². The van der Waals surface area contributed by atoms with Gasteiger partial charge in [0, 0.05) is 11.6 Å². The zero-order chi connectivity index (χ0) is 26.6. The fourth-order valence-electron chi connectivity index (χ4n) is 3.74. The predicted octanol–water partition coefficient (Wildman–Crippen LogP) is 5.86. The first-order valence-corrected chi connectivity index (χ1v) is 12.3. The average Bonchev–Trinajstić information content (AvgIpc) is 2.96. The van der Waals surface area contributed by atoms with E-state index in [1.807, 2.05) is 109 Å². The Hall–Kier alpha value is -4.62. The Labute approximate surface area is 222 Å². The van der Waals surface area contributed by atoms with Gasteiger partial charge in [0.1, 0.15) is 30.4 Å². The second kappa shape index (κ2) is 13.6. The van der Waals surface area contributed by atoms with E-state index in [1.54, 1.807) is 7.05 Å². The number of hydrogen-bond acceptors (Lipinski definition) is 6. The van der Waals surface area contributed by atoms with Gasteiger partial charge in [-0.1, -0.05) is 78.0 Å². The predicted molar refractivity (Wildman–Crippen MR) is 147 cm³/mol. The van der Waals surface area contributed by atoms with Crippen LogP contribution < -0.4 is 19.6 Å². The normalized spacial score (nSPS) is 12.0. The molecule has 0 saturated heterocycles. The molecule has 0 bridgehead atoms. The van der Waals surface area contributed by atoms with E-state index in [-0.39, 0.29) is 19.1 Å². The molecule has 7 nitrogen and oxygen atoms in total. The molecule has 0 aliphatic rings. The highest BCUT2D eigenvalue weighted by molar-refractivity contribution is 6.01. The van der Waals surface area contributed by atoms with Crippen molar-refractivity contribution in [3.05, 3.63) is 126 Å². The minimum atomic E-state index is -0.846. The highest BCUT2D eigenvalue weighted by atomic mass is 16.6. The molecule has 0 aliphatic carbocycles. The molecule has 38 heavy (non-hydrogen) atoms. The zero-order valence-corrected chi connectivity index (χ0v) is 21.1. The molecule has 4 aromatic carbocycles. The average molecular weight is 511 g/mol. The Balaban J connectivity index is 1.32. The molecular formula is C31H30N2O5. The monoisotopic (exact) mass is 510 g/mol. The number of rotatable bonds is 13. The van der Waals surface area contributed by atoms with Crippen molar-refractivity contribution >= 4 is 11.7 Å². The SMILES string of the molecule is CNC(CC(=O)O)c1ccc(OCc2ccc(OC/C(=N\Oc3ccccc3)c3ccccc3)cc2)cc1. The molecule has 7 heteroatoms. The van der Waals surface area contributed by atoms with Crippen LogP contribution >= 0.6 is 0 Å². The lowest BCUT2D eigenvalue weighted by molar-refractivity contribution is -0.137. The summed E-state index contributed by atoms with van der Waals surface area (Å²) in [7, 11) is 1.75. The summed E-state index contributed by atoms with van der Waals surface area (Å²) >= 11 is 0. The molecule has 0 aliphatic heterocycles. The molecule has 0 saturated carbocycles. The Morgan fingerprint density at radius 3 is 2.03 bits per heavy atom. The molecule has 0 spiro atoms. The Bertz CT molecular complexity index is 1310. The Kier molecular flexibility index (Phi) is 9.48. The maximum Gasteiger partial charge on any atom is 0.305 e. The van der Waals surface area contributed by atoms with Crippen LogP contribution in [0.2, 0.25) is 0 Å². The van der Waals surface area contributed by atoms with E-state index in [2.05, 4.69) is 10.5 Å². The number of nitrogens with one attached hydrogen (secondary N) is 1. The van der Waals surface area contributed by atoms with Gasteiger partial charge in [0.05, 0.1) is 6.42 Å². The second-order valence-corrected chi connectivity index (χ2v) is 8.54. The topological polar surface area (TPSA) is 89.4 Å². The largest absolute Gasteiger partial charge is 0.489 e. The van der Waals surface area contributed by atoms with Crippen LogP contribution in [0.25, 0.3) is 0 Å². The maximum absolute atomic E-state index is 11.0. The van der Waals surface area contributed by atoms with Gasteiger partial charge in [-0.3, -0.25) is 4.79 Å². The summed E-state index contributed by atoms with van der Waals surface area (Å²) in [5.74, 6) is 1.22. The van der Waals surface area contributed by atoms with Crippen LogP contribution in [0.3, 0.4) is 0 Å². The van der Waals surface area contributed by atoms with Gasteiger partial charge in [-0.2, -0.15) is 0 Å². The van der Waals surface area contributed by atoms with Crippen LogP contribution in [-0.2, 0) is 11.4 Å². The third-order valence-corrected chi connectivity index (χ3v) is 5.83. The summed E-state index contributed by atoms with van der Waals surface area (Å²) in [6.45, 7) is 0.639. The summed E-state index contributed by atoms with van der Waals surface area (Å²) in [6.07, 6.45) is 0.0177. The van der Waals surface area contributed by atoms with E-state index in [0.29, 0.717) is 29.6 Å². The van der Waals surface area contributed by atoms with E-state index >= 15 is 0 Å². The van der Waals surface area contributed by atoms with Crippen LogP contribution in [0, 0.1) is 0 Å². The van der Waals surface area contributed by atoms with E-state index in [0.717, 1.165) is 16.7 Å². The van der Waals surface area contributed by atoms with Crippen LogP contribution in [0.1, 0.15) is 29.2 Å². The lowest BCUT2D eigenvalue weighted by Gasteiger charge is -2.15. The first-order valence-electron chi connectivity index (χ1n) is 12.3. The van der Waals surface area contributed by atoms with Crippen molar-refractivity contribution in [2.75, 3.05) is 13.7 Å². The van der Waals surface area contributed by atoms with Crippen molar-refractivity contribution in [3.8, 4) is 17.2 Å². The van der Waals surface area contributed by atoms with Gasteiger partial charge >= 0.3 is 5.97 Å². The summed E-state index contributed by atoms with van der Waals surface area (Å²) in [5.41, 5.74) is 3.48. The van der Waals surface area contributed by atoms with E-state index < -0.39 is 5.97 Å². The molecule has 0 fully saturated rings. The van der Waals surface area contributed by atoms with Crippen LogP contribution in [0.5, 0.6) is 17.2 Å². The van der Waals surface area contributed by atoms with Crippen molar-refractivity contribution in [3.63, 3.8) is 0 Å². The molecule has 0 heterocycles. The van der Waals surface area contributed by atoms with Gasteiger partial charge < -0.3 is 24.7 Å². The third kappa shape index (κ3) is 7.94. The minimum Gasteiger partial charge on any atom is -0.489 e. The Morgan fingerprint density at radius 1 is 0.789 bits per heavy atom. The first kappa shape index (κ1) is 26.4.